The maximum atomic E-state index is 11.8. The number of hydrogen-bond donors (Lipinski definition) is 1. The maximum absolute atomic E-state index is 11.8. The van der Waals surface area contributed by atoms with Crippen molar-refractivity contribution in [3.05, 3.63) is 60.2 Å². The van der Waals surface area contributed by atoms with E-state index in [9.17, 15) is 4.79 Å². The van der Waals surface area contributed by atoms with Crippen LogP contribution in [0.1, 0.15) is 5.56 Å². The molecule has 0 saturated heterocycles. The van der Waals surface area contributed by atoms with Gasteiger partial charge in [-0.2, -0.15) is 0 Å². The number of carbonyl (C=O) groups excluding carboxylic acids is 1. The SMILES string of the molecule is COc1ccc(C=CC(=O)Nc2ccc(OC)cc2)cc1. The van der Waals surface area contributed by atoms with Gasteiger partial charge in [0.1, 0.15) is 11.5 Å². The number of amides is 1. The first-order chi connectivity index (χ1) is 10.2. The van der Waals surface area contributed by atoms with Gasteiger partial charge in [0.2, 0.25) is 5.91 Å². The Kier molecular flexibility index (Phi) is 4.99. The molecule has 0 aromatic heterocycles. The average molecular weight is 283 g/mol. The van der Waals surface area contributed by atoms with Gasteiger partial charge in [0.25, 0.3) is 0 Å². The van der Waals surface area contributed by atoms with Crippen LogP contribution in [0.2, 0.25) is 0 Å². The molecule has 0 aliphatic carbocycles. The summed E-state index contributed by atoms with van der Waals surface area (Å²) in [4.78, 5) is 11.8. The highest BCUT2D eigenvalue weighted by molar-refractivity contribution is 6.01. The number of nitrogens with one attached hydrogen (secondary N) is 1. The van der Waals surface area contributed by atoms with E-state index >= 15 is 0 Å². The van der Waals surface area contributed by atoms with Crippen molar-refractivity contribution in [3.63, 3.8) is 0 Å². The normalized spacial score (nSPS) is 10.4. The van der Waals surface area contributed by atoms with Gasteiger partial charge in [-0.1, -0.05) is 12.1 Å². The Balaban J connectivity index is 1.94. The van der Waals surface area contributed by atoms with E-state index in [0.717, 1.165) is 22.7 Å². The zero-order valence-corrected chi connectivity index (χ0v) is 12.0. The topological polar surface area (TPSA) is 47.6 Å². The summed E-state index contributed by atoms with van der Waals surface area (Å²) in [5.74, 6) is 1.35. The minimum atomic E-state index is -0.184. The highest BCUT2D eigenvalue weighted by atomic mass is 16.5. The van der Waals surface area contributed by atoms with Gasteiger partial charge in [0.05, 0.1) is 14.2 Å². The van der Waals surface area contributed by atoms with Crippen molar-refractivity contribution in [2.75, 3.05) is 19.5 Å². The second-order valence-electron chi connectivity index (χ2n) is 4.32. The van der Waals surface area contributed by atoms with Crippen LogP contribution in [0.3, 0.4) is 0 Å². The number of ether oxygens (including phenoxy) is 2. The van der Waals surface area contributed by atoms with Crippen molar-refractivity contribution in [3.8, 4) is 11.5 Å². The highest BCUT2D eigenvalue weighted by Crippen LogP contribution is 2.15. The Morgan fingerprint density at radius 2 is 1.43 bits per heavy atom. The summed E-state index contributed by atoms with van der Waals surface area (Å²) in [6.07, 6.45) is 3.24. The molecule has 2 aromatic carbocycles. The molecule has 2 rings (SSSR count). The number of methoxy groups -OCH3 is 2. The standard InChI is InChI=1S/C17H17NO3/c1-20-15-8-3-13(4-9-15)5-12-17(19)18-14-6-10-16(21-2)11-7-14/h3-12H,1-2H3,(H,18,19). The number of anilines is 1. The van der Waals surface area contributed by atoms with Gasteiger partial charge in [-0.05, 0) is 48.0 Å². The zero-order chi connectivity index (χ0) is 15.1. The van der Waals surface area contributed by atoms with Crippen LogP contribution >= 0.6 is 0 Å². The van der Waals surface area contributed by atoms with Gasteiger partial charge in [-0.25, -0.2) is 0 Å². The molecule has 0 atom stereocenters. The summed E-state index contributed by atoms with van der Waals surface area (Å²) in [5.41, 5.74) is 1.65. The molecule has 0 aliphatic heterocycles. The number of rotatable bonds is 5. The van der Waals surface area contributed by atoms with Gasteiger partial charge in [0, 0.05) is 11.8 Å². The average Bonchev–Trinajstić information content (AvgIpc) is 2.54. The quantitative estimate of drug-likeness (QED) is 0.856. The van der Waals surface area contributed by atoms with Crippen LogP contribution in [-0.2, 0) is 4.79 Å². The van der Waals surface area contributed by atoms with Crippen LogP contribution in [0.15, 0.2) is 54.6 Å². The molecule has 1 N–H and O–H groups in total. The summed E-state index contributed by atoms with van der Waals surface area (Å²) >= 11 is 0. The molecule has 4 heteroatoms. The predicted octanol–water partition coefficient (Wildman–Crippen LogP) is 3.36. The van der Waals surface area contributed by atoms with E-state index in [1.807, 2.05) is 24.3 Å². The molecular weight excluding hydrogens is 266 g/mol. The third kappa shape index (κ3) is 4.38. The molecule has 1 amide bonds. The lowest BCUT2D eigenvalue weighted by Crippen LogP contribution is -2.07. The Bertz CT molecular complexity index is 615. The minimum Gasteiger partial charge on any atom is -0.497 e. The predicted molar refractivity (Wildman–Crippen MR) is 83.7 cm³/mol. The van der Waals surface area contributed by atoms with Crippen molar-refractivity contribution in [2.24, 2.45) is 0 Å². The molecule has 108 valence electrons. The molecule has 0 heterocycles. The van der Waals surface area contributed by atoms with Gasteiger partial charge < -0.3 is 14.8 Å². The summed E-state index contributed by atoms with van der Waals surface area (Å²) in [7, 11) is 3.22. The van der Waals surface area contributed by atoms with E-state index in [-0.39, 0.29) is 5.91 Å². The van der Waals surface area contributed by atoms with Crippen LogP contribution in [0.25, 0.3) is 6.08 Å². The Hall–Kier alpha value is -2.75. The van der Waals surface area contributed by atoms with Crippen molar-refractivity contribution in [1.29, 1.82) is 0 Å². The van der Waals surface area contributed by atoms with Crippen LogP contribution < -0.4 is 14.8 Å². The summed E-state index contributed by atoms with van der Waals surface area (Å²) < 4.78 is 10.1. The second-order valence-corrected chi connectivity index (χ2v) is 4.32. The van der Waals surface area contributed by atoms with Gasteiger partial charge in [-0.15, -0.1) is 0 Å². The Labute approximate surface area is 124 Å². The van der Waals surface area contributed by atoms with E-state index in [2.05, 4.69) is 5.32 Å². The van der Waals surface area contributed by atoms with Crippen LogP contribution in [-0.4, -0.2) is 20.1 Å². The van der Waals surface area contributed by atoms with Crippen molar-refractivity contribution < 1.29 is 14.3 Å². The lowest BCUT2D eigenvalue weighted by atomic mass is 10.2. The molecule has 0 radical (unpaired) electrons. The molecule has 0 saturated carbocycles. The monoisotopic (exact) mass is 283 g/mol. The van der Waals surface area contributed by atoms with E-state index in [4.69, 9.17) is 9.47 Å². The maximum Gasteiger partial charge on any atom is 0.248 e. The summed E-state index contributed by atoms with van der Waals surface area (Å²) in [6, 6.07) is 14.6. The first kappa shape index (κ1) is 14.7. The lowest BCUT2D eigenvalue weighted by molar-refractivity contribution is -0.111. The van der Waals surface area contributed by atoms with E-state index < -0.39 is 0 Å². The molecule has 0 fully saturated rings. The number of hydrogen-bond acceptors (Lipinski definition) is 3. The largest absolute Gasteiger partial charge is 0.497 e. The molecule has 4 nitrogen and oxygen atoms in total. The number of carbonyl (C=O) groups is 1. The van der Waals surface area contributed by atoms with Crippen molar-refractivity contribution in [2.45, 2.75) is 0 Å². The molecular formula is C17H17NO3. The van der Waals surface area contributed by atoms with Crippen molar-refractivity contribution >= 4 is 17.7 Å². The molecule has 21 heavy (non-hydrogen) atoms. The van der Waals surface area contributed by atoms with E-state index in [0.29, 0.717) is 0 Å². The molecule has 0 spiro atoms. The first-order valence-corrected chi connectivity index (χ1v) is 6.48. The summed E-state index contributed by atoms with van der Waals surface area (Å²) in [5, 5.41) is 2.78. The Morgan fingerprint density at radius 3 is 1.95 bits per heavy atom. The van der Waals surface area contributed by atoms with E-state index in [1.54, 1.807) is 44.6 Å². The van der Waals surface area contributed by atoms with Gasteiger partial charge in [-0.3, -0.25) is 4.79 Å². The number of benzene rings is 2. The first-order valence-electron chi connectivity index (χ1n) is 6.48. The Morgan fingerprint density at radius 1 is 0.905 bits per heavy atom. The fraction of sp³-hybridized carbons (Fsp3) is 0.118. The smallest absolute Gasteiger partial charge is 0.248 e. The highest BCUT2D eigenvalue weighted by Gasteiger charge is 1.98. The van der Waals surface area contributed by atoms with E-state index in [1.165, 1.54) is 6.08 Å². The van der Waals surface area contributed by atoms with Crippen LogP contribution in [0, 0.1) is 0 Å². The third-order valence-corrected chi connectivity index (χ3v) is 2.90. The molecule has 2 aromatic rings. The molecule has 0 aliphatic rings. The van der Waals surface area contributed by atoms with Crippen LogP contribution in [0.4, 0.5) is 5.69 Å². The molecule has 0 bridgehead atoms. The van der Waals surface area contributed by atoms with Crippen LogP contribution in [0.5, 0.6) is 11.5 Å². The fourth-order valence-corrected chi connectivity index (χ4v) is 1.75. The lowest BCUT2D eigenvalue weighted by Gasteiger charge is -2.04. The fourth-order valence-electron chi connectivity index (χ4n) is 1.75. The van der Waals surface area contributed by atoms with Gasteiger partial charge in [0.15, 0.2) is 0 Å². The third-order valence-electron chi connectivity index (χ3n) is 2.90. The van der Waals surface area contributed by atoms with Gasteiger partial charge >= 0.3 is 0 Å². The molecule has 0 unspecified atom stereocenters. The second kappa shape index (κ2) is 7.14. The minimum absolute atomic E-state index is 0.184. The summed E-state index contributed by atoms with van der Waals surface area (Å²) in [6.45, 7) is 0. The zero-order valence-electron chi connectivity index (χ0n) is 12.0. The van der Waals surface area contributed by atoms with Crippen molar-refractivity contribution in [1.82, 2.24) is 0 Å².